The molecule has 2 heterocycles. The van der Waals surface area contributed by atoms with Crippen LogP contribution in [0.25, 0.3) is 0 Å². The Morgan fingerprint density at radius 1 is 1.29 bits per heavy atom. The lowest BCUT2D eigenvalue weighted by atomic mass is 10.0. The molecule has 0 saturated carbocycles. The summed E-state index contributed by atoms with van der Waals surface area (Å²) in [6.07, 6.45) is 1.67. The highest BCUT2D eigenvalue weighted by atomic mass is 16.7. The van der Waals surface area contributed by atoms with Gasteiger partial charge < -0.3 is 9.47 Å². The first-order chi connectivity index (χ1) is 6.70. The fourth-order valence-corrected chi connectivity index (χ4v) is 2.06. The van der Waals surface area contributed by atoms with Gasteiger partial charge in [-0.25, -0.2) is 0 Å². The van der Waals surface area contributed by atoms with Gasteiger partial charge in [-0.15, -0.1) is 0 Å². The number of likely N-dealkylation sites (tertiary alicyclic amines) is 1. The summed E-state index contributed by atoms with van der Waals surface area (Å²) >= 11 is 0. The summed E-state index contributed by atoms with van der Waals surface area (Å²) < 4.78 is 11.1. The number of carbonyl (C=O) groups is 1. The van der Waals surface area contributed by atoms with E-state index in [0.29, 0.717) is 19.8 Å². The zero-order chi connectivity index (χ0) is 10.0. The number of Topliss-reactive ketones (excluding diaryl/α,β-unsaturated/α-hetero) is 1. The normalized spacial score (nSPS) is 26.9. The van der Waals surface area contributed by atoms with Crippen LogP contribution in [0.4, 0.5) is 0 Å². The Labute approximate surface area is 84.2 Å². The standard InChI is InChI=1S/C10H15NO3/c1-9(12)8-11-4-2-10(3-5-11)13-6-7-14-10/h1H,2-8H2. The van der Waals surface area contributed by atoms with E-state index in [0.717, 1.165) is 25.9 Å². The molecule has 0 aromatic rings. The molecule has 0 atom stereocenters. The minimum atomic E-state index is -0.353. The van der Waals surface area contributed by atoms with Crippen molar-refractivity contribution in [2.75, 3.05) is 32.8 Å². The quantitative estimate of drug-likeness (QED) is 0.629. The van der Waals surface area contributed by atoms with Gasteiger partial charge in [-0.05, 0) is 0 Å². The first-order valence-corrected chi connectivity index (χ1v) is 4.99. The summed E-state index contributed by atoms with van der Waals surface area (Å²) in [6, 6.07) is 0. The molecule has 78 valence electrons. The molecule has 0 aromatic carbocycles. The van der Waals surface area contributed by atoms with E-state index in [1.807, 2.05) is 4.90 Å². The van der Waals surface area contributed by atoms with E-state index in [2.05, 4.69) is 0 Å². The van der Waals surface area contributed by atoms with Gasteiger partial charge in [0.15, 0.2) is 11.6 Å². The average molecular weight is 197 g/mol. The van der Waals surface area contributed by atoms with Gasteiger partial charge in [0.25, 0.3) is 0 Å². The van der Waals surface area contributed by atoms with Gasteiger partial charge in [-0.1, -0.05) is 0 Å². The number of piperidine rings is 1. The summed E-state index contributed by atoms with van der Waals surface area (Å²) in [7, 11) is 0. The van der Waals surface area contributed by atoms with Crippen molar-refractivity contribution < 1.29 is 14.3 Å². The number of hydrogen-bond donors (Lipinski definition) is 0. The highest BCUT2D eigenvalue weighted by Crippen LogP contribution is 2.30. The number of nitrogens with zero attached hydrogens (tertiary/aromatic N) is 1. The maximum Gasteiger partial charge on any atom is 0.170 e. The van der Waals surface area contributed by atoms with Gasteiger partial charge in [-0.2, -0.15) is 0 Å². The van der Waals surface area contributed by atoms with E-state index in [1.54, 1.807) is 0 Å². The van der Waals surface area contributed by atoms with Crippen molar-refractivity contribution >= 4 is 5.78 Å². The largest absolute Gasteiger partial charge is 0.347 e. The predicted octanol–water partition coefficient (Wildman–Crippen LogP) is 0.105. The van der Waals surface area contributed by atoms with Crippen LogP contribution in [0.2, 0.25) is 0 Å². The maximum absolute atomic E-state index is 10.7. The van der Waals surface area contributed by atoms with Crippen LogP contribution in [0.3, 0.4) is 0 Å². The molecule has 4 heteroatoms. The number of rotatable bonds is 2. The third-order valence-electron chi connectivity index (χ3n) is 2.81. The lowest BCUT2D eigenvalue weighted by Crippen LogP contribution is -2.46. The summed E-state index contributed by atoms with van der Waals surface area (Å²) in [5, 5.41) is 0. The summed E-state index contributed by atoms with van der Waals surface area (Å²) in [5.74, 6) is -0.622. The molecule has 2 fully saturated rings. The second-order valence-corrected chi connectivity index (χ2v) is 3.85. The Kier molecular flexibility index (Phi) is 2.85. The maximum atomic E-state index is 10.7. The number of hydrogen-bond acceptors (Lipinski definition) is 4. The molecule has 2 radical (unpaired) electrons. The number of carbonyl (C=O) groups excluding carboxylic acids is 1. The topological polar surface area (TPSA) is 38.8 Å². The Bertz CT molecular complexity index is 213. The van der Waals surface area contributed by atoms with E-state index < -0.39 is 0 Å². The van der Waals surface area contributed by atoms with Crippen LogP contribution in [0, 0.1) is 6.92 Å². The molecule has 0 aliphatic carbocycles. The third kappa shape index (κ3) is 2.13. The van der Waals surface area contributed by atoms with Crippen LogP contribution in [-0.4, -0.2) is 49.3 Å². The second kappa shape index (κ2) is 3.96. The zero-order valence-electron chi connectivity index (χ0n) is 8.20. The molecule has 2 aliphatic rings. The SMILES string of the molecule is [CH]C(=O)CN1CCC2(CC1)OCCO2. The van der Waals surface area contributed by atoms with Crippen molar-refractivity contribution in [2.24, 2.45) is 0 Å². The smallest absolute Gasteiger partial charge is 0.170 e. The van der Waals surface area contributed by atoms with E-state index in [-0.39, 0.29) is 11.6 Å². The van der Waals surface area contributed by atoms with Crippen LogP contribution in [-0.2, 0) is 14.3 Å². The number of ketones is 1. The van der Waals surface area contributed by atoms with Crippen LogP contribution >= 0.6 is 0 Å². The van der Waals surface area contributed by atoms with Crippen molar-refractivity contribution in [3.05, 3.63) is 6.92 Å². The predicted molar refractivity (Wildman–Crippen MR) is 49.6 cm³/mol. The average Bonchev–Trinajstić information content (AvgIpc) is 2.58. The monoisotopic (exact) mass is 197 g/mol. The molecule has 2 rings (SSSR count). The lowest BCUT2D eigenvalue weighted by molar-refractivity contribution is -0.185. The Morgan fingerprint density at radius 3 is 2.36 bits per heavy atom. The third-order valence-corrected chi connectivity index (χ3v) is 2.81. The molecule has 0 bridgehead atoms. The Morgan fingerprint density at radius 2 is 1.86 bits per heavy atom. The zero-order valence-corrected chi connectivity index (χ0v) is 8.20. The minimum Gasteiger partial charge on any atom is -0.347 e. The fourth-order valence-electron chi connectivity index (χ4n) is 2.06. The minimum absolute atomic E-state index is 0.269. The van der Waals surface area contributed by atoms with Crippen LogP contribution in [0.5, 0.6) is 0 Å². The molecule has 0 aromatic heterocycles. The van der Waals surface area contributed by atoms with Gasteiger partial charge in [0.05, 0.1) is 19.8 Å². The van der Waals surface area contributed by atoms with E-state index in [4.69, 9.17) is 16.4 Å². The van der Waals surface area contributed by atoms with Crippen LogP contribution in [0.1, 0.15) is 12.8 Å². The lowest BCUT2D eigenvalue weighted by Gasteiger charge is -2.37. The molecule has 0 unspecified atom stereocenters. The molecule has 1 spiro atoms. The van der Waals surface area contributed by atoms with Gasteiger partial charge in [-0.3, -0.25) is 9.69 Å². The molecular weight excluding hydrogens is 182 g/mol. The van der Waals surface area contributed by atoms with E-state index >= 15 is 0 Å². The second-order valence-electron chi connectivity index (χ2n) is 3.85. The molecule has 4 nitrogen and oxygen atoms in total. The molecule has 2 aliphatic heterocycles. The molecule has 0 N–H and O–H groups in total. The Hall–Kier alpha value is -0.450. The van der Waals surface area contributed by atoms with E-state index in [9.17, 15) is 4.79 Å². The summed E-state index contributed by atoms with van der Waals surface area (Å²) in [4.78, 5) is 12.7. The van der Waals surface area contributed by atoms with Gasteiger partial charge >= 0.3 is 0 Å². The van der Waals surface area contributed by atoms with Crippen molar-refractivity contribution in [1.29, 1.82) is 0 Å². The van der Waals surface area contributed by atoms with Gasteiger partial charge in [0.2, 0.25) is 0 Å². The van der Waals surface area contributed by atoms with Crippen LogP contribution < -0.4 is 0 Å². The first kappa shape index (κ1) is 10.1. The van der Waals surface area contributed by atoms with Crippen molar-refractivity contribution in [3.8, 4) is 0 Å². The molecule has 14 heavy (non-hydrogen) atoms. The highest BCUT2D eigenvalue weighted by molar-refractivity contribution is 5.84. The first-order valence-electron chi connectivity index (χ1n) is 4.99. The molecule has 0 amide bonds. The number of ether oxygens (including phenoxy) is 2. The van der Waals surface area contributed by atoms with Crippen molar-refractivity contribution in [3.63, 3.8) is 0 Å². The summed E-state index contributed by atoms with van der Waals surface area (Å²) in [5.41, 5.74) is 0. The molecular formula is C10H15NO3. The van der Waals surface area contributed by atoms with Gasteiger partial charge in [0, 0.05) is 32.9 Å². The van der Waals surface area contributed by atoms with Crippen LogP contribution in [0.15, 0.2) is 0 Å². The summed E-state index contributed by atoms with van der Waals surface area (Å²) in [6.45, 7) is 8.49. The fraction of sp³-hybridized carbons (Fsp3) is 0.800. The van der Waals surface area contributed by atoms with Crippen molar-refractivity contribution in [1.82, 2.24) is 4.90 Å². The van der Waals surface area contributed by atoms with Crippen molar-refractivity contribution in [2.45, 2.75) is 18.6 Å². The molecule has 2 saturated heterocycles. The van der Waals surface area contributed by atoms with E-state index in [1.165, 1.54) is 0 Å². The Balaban J connectivity index is 1.82. The highest BCUT2D eigenvalue weighted by Gasteiger charge is 2.39. The van der Waals surface area contributed by atoms with Gasteiger partial charge in [0.1, 0.15) is 0 Å².